The predicted molar refractivity (Wildman–Crippen MR) is 130 cm³/mol. The Hall–Kier alpha value is -1.97. The second-order valence-electron chi connectivity index (χ2n) is 8.49. The van der Waals surface area contributed by atoms with E-state index in [-0.39, 0.29) is 16.9 Å². The van der Waals surface area contributed by atoms with Crippen molar-refractivity contribution in [1.29, 1.82) is 0 Å². The smallest absolute Gasteiger partial charge is 0.243 e. The summed E-state index contributed by atoms with van der Waals surface area (Å²) in [6.07, 6.45) is 4.00. The van der Waals surface area contributed by atoms with E-state index in [1.54, 1.807) is 12.1 Å². The number of fused-ring (bicyclic) bond motifs is 1. The average Bonchev–Trinajstić information content (AvgIpc) is 3.18. The van der Waals surface area contributed by atoms with E-state index in [1.165, 1.54) is 4.31 Å². The van der Waals surface area contributed by atoms with Crippen molar-refractivity contribution in [2.75, 3.05) is 32.8 Å². The SMILES string of the molecule is CCCOC1CCCN(C(=O)CCc2nc3cc(S(=O)(=O)N(CC)CC)ccc3n2CC)C1. The molecular weight excluding hydrogens is 440 g/mol. The Kier molecular flexibility index (Phi) is 8.89. The molecule has 1 saturated heterocycles. The molecule has 0 N–H and O–H groups in total. The van der Waals surface area contributed by atoms with Crippen LogP contribution in [0.1, 0.15) is 59.2 Å². The van der Waals surface area contributed by atoms with Gasteiger partial charge in [0, 0.05) is 52.2 Å². The highest BCUT2D eigenvalue weighted by Gasteiger charge is 2.25. The van der Waals surface area contributed by atoms with E-state index >= 15 is 0 Å². The summed E-state index contributed by atoms with van der Waals surface area (Å²) in [6, 6.07) is 5.14. The third-order valence-electron chi connectivity index (χ3n) is 6.31. The Bertz CT molecular complexity index is 1050. The molecule has 9 heteroatoms. The molecule has 0 spiro atoms. The van der Waals surface area contributed by atoms with Crippen LogP contribution in [0.4, 0.5) is 0 Å². The Morgan fingerprint density at radius 3 is 2.64 bits per heavy atom. The molecule has 33 heavy (non-hydrogen) atoms. The fraction of sp³-hybridized carbons (Fsp3) is 0.667. The van der Waals surface area contributed by atoms with Gasteiger partial charge in [-0.1, -0.05) is 20.8 Å². The zero-order valence-electron chi connectivity index (χ0n) is 20.4. The summed E-state index contributed by atoms with van der Waals surface area (Å²) in [6.45, 7) is 11.5. The van der Waals surface area contributed by atoms with Gasteiger partial charge < -0.3 is 14.2 Å². The molecule has 1 atom stereocenters. The summed E-state index contributed by atoms with van der Waals surface area (Å²) in [5, 5.41) is 0. The van der Waals surface area contributed by atoms with Crippen molar-refractivity contribution >= 4 is 27.0 Å². The second-order valence-corrected chi connectivity index (χ2v) is 10.4. The van der Waals surface area contributed by atoms with E-state index in [9.17, 15) is 13.2 Å². The van der Waals surface area contributed by atoms with Crippen molar-refractivity contribution in [3.63, 3.8) is 0 Å². The van der Waals surface area contributed by atoms with Gasteiger partial charge in [0.15, 0.2) is 0 Å². The van der Waals surface area contributed by atoms with Crippen LogP contribution in [0.2, 0.25) is 0 Å². The minimum Gasteiger partial charge on any atom is -0.376 e. The zero-order valence-corrected chi connectivity index (χ0v) is 21.2. The van der Waals surface area contributed by atoms with E-state index in [4.69, 9.17) is 9.72 Å². The number of hydrogen-bond donors (Lipinski definition) is 0. The van der Waals surface area contributed by atoms with Crippen LogP contribution in [-0.2, 0) is 32.5 Å². The molecule has 1 unspecified atom stereocenters. The number of likely N-dealkylation sites (tertiary alicyclic amines) is 1. The second kappa shape index (κ2) is 11.4. The maximum absolute atomic E-state index is 12.9. The number of hydrogen-bond acceptors (Lipinski definition) is 5. The highest BCUT2D eigenvalue weighted by atomic mass is 32.2. The summed E-state index contributed by atoms with van der Waals surface area (Å²) < 4.78 is 35.2. The fourth-order valence-electron chi connectivity index (χ4n) is 4.54. The van der Waals surface area contributed by atoms with E-state index < -0.39 is 10.0 Å². The lowest BCUT2D eigenvalue weighted by atomic mass is 10.1. The van der Waals surface area contributed by atoms with E-state index in [0.29, 0.717) is 44.5 Å². The number of ether oxygens (including phenoxy) is 1. The van der Waals surface area contributed by atoms with Crippen molar-refractivity contribution in [1.82, 2.24) is 18.8 Å². The number of piperidine rings is 1. The van der Waals surface area contributed by atoms with Crippen LogP contribution >= 0.6 is 0 Å². The van der Waals surface area contributed by atoms with Gasteiger partial charge in [0.25, 0.3) is 0 Å². The highest BCUT2D eigenvalue weighted by molar-refractivity contribution is 7.89. The van der Waals surface area contributed by atoms with Crippen molar-refractivity contribution in [2.45, 2.75) is 77.3 Å². The van der Waals surface area contributed by atoms with E-state index in [2.05, 4.69) is 11.5 Å². The van der Waals surface area contributed by atoms with Crippen LogP contribution in [0.5, 0.6) is 0 Å². The lowest BCUT2D eigenvalue weighted by Gasteiger charge is -2.32. The van der Waals surface area contributed by atoms with Crippen LogP contribution in [-0.4, -0.2) is 72.0 Å². The number of aromatic nitrogens is 2. The van der Waals surface area contributed by atoms with E-state index in [1.807, 2.05) is 31.7 Å². The molecular formula is C24H38N4O4S. The lowest BCUT2D eigenvalue weighted by Crippen LogP contribution is -2.43. The maximum Gasteiger partial charge on any atom is 0.243 e. The number of carbonyl (C=O) groups excluding carboxylic acids is 1. The normalized spacial score (nSPS) is 17.2. The number of aryl methyl sites for hydroxylation is 2. The average molecular weight is 479 g/mol. The summed E-state index contributed by atoms with van der Waals surface area (Å²) in [4.78, 5) is 19.8. The van der Waals surface area contributed by atoms with Gasteiger partial charge in [-0.2, -0.15) is 4.31 Å². The minimum absolute atomic E-state index is 0.124. The number of carbonyl (C=O) groups is 1. The first-order valence-electron chi connectivity index (χ1n) is 12.2. The van der Waals surface area contributed by atoms with Gasteiger partial charge in [-0.25, -0.2) is 13.4 Å². The fourth-order valence-corrected chi connectivity index (χ4v) is 6.02. The summed E-state index contributed by atoms with van der Waals surface area (Å²) in [5.74, 6) is 0.938. The van der Waals surface area contributed by atoms with Crippen molar-refractivity contribution < 1.29 is 17.9 Å². The molecule has 1 aromatic heterocycles. The predicted octanol–water partition coefficient (Wildman–Crippen LogP) is 3.44. The number of benzene rings is 1. The minimum atomic E-state index is -3.54. The summed E-state index contributed by atoms with van der Waals surface area (Å²) in [7, 11) is -3.54. The molecule has 1 aromatic carbocycles. The van der Waals surface area contributed by atoms with Crippen molar-refractivity contribution in [3.05, 3.63) is 24.0 Å². The first-order chi connectivity index (χ1) is 15.8. The van der Waals surface area contributed by atoms with Crippen LogP contribution in [0.25, 0.3) is 11.0 Å². The topological polar surface area (TPSA) is 84.7 Å². The molecule has 3 rings (SSSR count). The quantitative estimate of drug-likeness (QED) is 0.494. The van der Waals surface area contributed by atoms with Gasteiger partial charge in [-0.15, -0.1) is 0 Å². The molecule has 0 bridgehead atoms. The first-order valence-corrected chi connectivity index (χ1v) is 13.7. The summed E-state index contributed by atoms with van der Waals surface area (Å²) in [5.41, 5.74) is 1.54. The molecule has 0 radical (unpaired) electrons. The molecule has 1 aliphatic heterocycles. The molecule has 0 aliphatic carbocycles. The van der Waals surface area contributed by atoms with Gasteiger partial charge in [0.1, 0.15) is 5.82 Å². The van der Waals surface area contributed by atoms with Gasteiger partial charge in [-0.05, 0) is 44.4 Å². The molecule has 184 valence electrons. The van der Waals surface area contributed by atoms with Gasteiger partial charge in [0.2, 0.25) is 15.9 Å². The van der Waals surface area contributed by atoms with Gasteiger partial charge in [0.05, 0.1) is 22.0 Å². The molecule has 1 fully saturated rings. The summed E-state index contributed by atoms with van der Waals surface area (Å²) >= 11 is 0. The van der Waals surface area contributed by atoms with Gasteiger partial charge >= 0.3 is 0 Å². The van der Waals surface area contributed by atoms with Gasteiger partial charge in [-0.3, -0.25) is 4.79 Å². The highest BCUT2D eigenvalue weighted by Crippen LogP contribution is 2.24. The monoisotopic (exact) mass is 478 g/mol. The van der Waals surface area contributed by atoms with Crippen LogP contribution in [0.15, 0.2) is 23.1 Å². The van der Waals surface area contributed by atoms with Crippen LogP contribution < -0.4 is 0 Å². The van der Waals surface area contributed by atoms with Crippen molar-refractivity contribution in [3.8, 4) is 0 Å². The first kappa shape index (κ1) is 25.6. The third kappa shape index (κ3) is 5.75. The zero-order chi connectivity index (χ0) is 24.0. The number of nitrogens with zero attached hydrogens (tertiary/aromatic N) is 4. The number of sulfonamides is 1. The Balaban J connectivity index is 1.75. The Morgan fingerprint density at radius 2 is 1.97 bits per heavy atom. The lowest BCUT2D eigenvalue weighted by molar-refractivity contribution is -0.135. The largest absolute Gasteiger partial charge is 0.376 e. The third-order valence-corrected chi connectivity index (χ3v) is 8.36. The molecule has 2 aromatic rings. The standard InChI is InChI=1S/C24H38N4O4S/c1-5-16-32-19-10-9-15-26(18-19)24(29)14-13-23-25-21-17-20(11-12-22(21)28(23)8-4)33(30,31)27(6-2)7-3/h11-12,17,19H,5-10,13-16,18H2,1-4H3. The molecule has 1 amide bonds. The Morgan fingerprint density at radius 1 is 1.21 bits per heavy atom. The number of imidazole rings is 1. The maximum atomic E-state index is 12.9. The number of rotatable bonds is 11. The Labute approximate surface area is 198 Å². The molecule has 1 aliphatic rings. The van der Waals surface area contributed by atoms with E-state index in [0.717, 1.165) is 43.8 Å². The molecule has 8 nitrogen and oxygen atoms in total. The van der Waals surface area contributed by atoms with Crippen molar-refractivity contribution in [2.24, 2.45) is 0 Å². The van der Waals surface area contributed by atoms with Crippen LogP contribution in [0.3, 0.4) is 0 Å². The molecule has 2 heterocycles. The molecule has 0 saturated carbocycles. The van der Waals surface area contributed by atoms with Crippen LogP contribution in [0, 0.1) is 0 Å². The number of amides is 1.